The van der Waals surface area contributed by atoms with E-state index in [2.05, 4.69) is 4.74 Å². The first-order valence-corrected chi connectivity index (χ1v) is 5.31. The van der Waals surface area contributed by atoms with Crippen molar-refractivity contribution in [2.75, 3.05) is 19.1 Å². The smallest absolute Gasteiger partial charge is 0.374 e. The van der Waals surface area contributed by atoms with Gasteiger partial charge in [-0.1, -0.05) is 0 Å². The molecule has 1 nitrogen and oxygen atoms in total. The summed E-state index contributed by atoms with van der Waals surface area (Å²) >= 11 is 4.89. The van der Waals surface area contributed by atoms with Crippen molar-refractivity contribution in [1.29, 1.82) is 0 Å². The van der Waals surface area contributed by atoms with Crippen molar-refractivity contribution >= 4 is 11.6 Å². The van der Waals surface area contributed by atoms with E-state index in [1.54, 1.807) is 0 Å². The highest BCUT2D eigenvalue weighted by Gasteiger charge is 2.87. The van der Waals surface area contributed by atoms with E-state index in [9.17, 15) is 48.3 Å². The monoisotopic (exact) mass is 362 g/mol. The molecule has 0 aliphatic heterocycles. The van der Waals surface area contributed by atoms with Gasteiger partial charge in [-0.25, -0.2) is 0 Å². The summed E-state index contributed by atoms with van der Waals surface area (Å²) < 4.78 is 140. The van der Waals surface area contributed by atoms with Gasteiger partial charge in [0.2, 0.25) is 0 Å². The van der Waals surface area contributed by atoms with Gasteiger partial charge in [0.25, 0.3) is 0 Å². The molecule has 0 fully saturated rings. The molecule has 21 heavy (non-hydrogen) atoms. The lowest BCUT2D eigenvalue weighted by Gasteiger charge is -2.37. The lowest BCUT2D eigenvalue weighted by atomic mass is 9.98. The maximum absolute atomic E-state index is 12.8. The van der Waals surface area contributed by atoms with Crippen molar-refractivity contribution < 1.29 is 53.0 Å². The highest BCUT2D eigenvalue weighted by Crippen LogP contribution is 2.57. The molecule has 0 N–H and O–H groups in total. The van der Waals surface area contributed by atoms with Crippen molar-refractivity contribution in [3.05, 3.63) is 0 Å². The number of alkyl halides is 12. The van der Waals surface area contributed by atoms with Crippen LogP contribution < -0.4 is 0 Å². The van der Waals surface area contributed by atoms with Gasteiger partial charge in [-0.3, -0.25) is 0 Å². The van der Waals surface area contributed by atoms with Crippen LogP contribution in [0.5, 0.6) is 0 Å². The Hall–Kier alpha value is -0.520. The Morgan fingerprint density at radius 2 is 1.10 bits per heavy atom. The molecule has 0 aliphatic rings. The third kappa shape index (κ3) is 3.46. The van der Waals surface area contributed by atoms with Crippen LogP contribution in [-0.4, -0.2) is 49.0 Å². The molecule has 0 rings (SSSR count). The fourth-order valence-corrected chi connectivity index (χ4v) is 1.06. The minimum atomic E-state index is -7.40. The van der Waals surface area contributed by atoms with Gasteiger partial charge in [-0.05, 0) is 0 Å². The highest BCUT2D eigenvalue weighted by atomic mass is 35.5. The average molecular weight is 363 g/mol. The van der Waals surface area contributed by atoms with Crippen LogP contribution in [0.25, 0.3) is 0 Å². The normalized spacial score (nSPS) is 15.4. The first-order chi connectivity index (χ1) is 9.06. The van der Waals surface area contributed by atoms with Gasteiger partial charge in [-0.15, -0.1) is 11.6 Å². The number of hydrogen-bond donors (Lipinski definition) is 0. The van der Waals surface area contributed by atoms with Gasteiger partial charge in [0.1, 0.15) is 6.61 Å². The van der Waals surface area contributed by atoms with E-state index in [1.807, 2.05) is 0 Å². The van der Waals surface area contributed by atoms with Crippen molar-refractivity contribution in [2.45, 2.75) is 29.9 Å². The maximum atomic E-state index is 12.8. The molecular weight excluding hydrogens is 357 g/mol. The zero-order valence-electron chi connectivity index (χ0n) is 9.57. The van der Waals surface area contributed by atoms with Crippen molar-refractivity contribution in [3.63, 3.8) is 0 Å². The molecule has 0 aromatic heterocycles. The molecule has 0 radical (unpaired) electrons. The van der Waals surface area contributed by atoms with E-state index in [1.165, 1.54) is 0 Å². The fraction of sp³-hybridized carbons (Fsp3) is 1.00. The fourth-order valence-electron chi connectivity index (χ4n) is 0.950. The summed E-state index contributed by atoms with van der Waals surface area (Å²) in [6.07, 6.45) is -7.16. The van der Waals surface area contributed by atoms with Gasteiger partial charge in [0.05, 0.1) is 6.61 Å². The van der Waals surface area contributed by atoms with Crippen molar-refractivity contribution in [1.82, 2.24) is 0 Å². The third-order valence-electron chi connectivity index (χ3n) is 2.11. The quantitative estimate of drug-likeness (QED) is 0.372. The molecule has 0 heterocycles. The summed E-state index contributed by atoms with van der Waals surface area (Å²) in [5.74, 6) is -28.3. The number of halogens is 12. The lowest BCUT2D eigenvalue weighted by Crippen LogP contribution is -2.67. The molecule has 0 saturated carbocycles. The molecule has 0 bridgehead atoms. The second-order valence-electron chi connectivity index (χ2n) is 3.67. The summed E-state index contributed by atoms with van der Waals surface area (Å²) in [5.41, 5.74) is 0. The minimum absolute atomic E-state index is 0.531. The molecular formula is C8H6ClF11O. The van der Waals surface area contributed by atoms with Gasteiger partial charge < -0.3 is 4.74 Å². The Kier molecular flexibility index (Phi) is 5.79. The Bertz CT molecular complexity index is 351. The molecule has 0 saturated heterocycles. The van der Waals surface area contributed by atoms with Crippen LogP contribution in [0.2, 0.25) is 0 Å². The summed E-state index contributed by atoms with van der Waals surface area (Å²) in [5, 5.41) is 0. The predicted octanol–water partition coefficient (Wildman–Crippen LogP) is 4.35. The van der Waals surface area contributed by atoms with E-state index in [0.717, 1.165) is 0 Å². The minimum Gasteiger partial charge on any atom is -0.374 e. The van der Waals surface area contributed by atoms with E-state index in [0.29, 0.717) is 0 Å². The molecule has 0 aromatic carbocycles. The molecule has 0 atom stereocenters. The maximum Gasteiger partial charge on any atom is 0.460 e. The van der Waals surface area contributed by atoms with E-state index >= 15 is 0 Å². The molecule has 0 aliphatic carbocycles. The van der Waals surface area contributed by atoms with Crippen molar-refractivity contribution in [2.24, 2.45) is 0 Å². The first-order valence-electron chi connectivity index (χ1n) is 4.78. The van der Waals surface area contributed by atoms with Gasteiger partial charge in [0.15, 0.2) is 0 Å². The first kappa shape index (κ1) is 20.5. The van der Waals surface area contributed by atoms with Crippen LogP contribution in [0.15, 0.2) is 0 Å². The Balaban J connectivity index is 5.55. The zero-order valence-corrected chi connectivity index (χ0v) is 10.3. The summed E-state index contributed by atoms with van der Waals surface area (Å²) in [6.45, 7) is -3.36. The van der Waals surface area contributed by atoms with Crippen LogP contribution in [0.3, 0.4) is 0 Å². The summed E-state index contributed by atoms with van der Waals surface area (Å²) in [6, 6.07) is 0. The molecule has 0 aromatic rings. The SMILES string of the molecule is FC(F)(F)C(F)(F)C(F)(F)C(F)(F)C(F)(F)COCCCl. The second kappa shape index (κ2) is 5.94. The molecule has 0 spiro atoms. The number of ether oxygens (including phenoxy) is 1. The topological polar surface area (TPSA) is 9.23 Å². The Labute approximate surface area is 115 Å². The Morgan fingerprint density at radius 1 is 0.667 bits per heavy atom. The van der Waals surface area contributed by atoms with Crippen LogP contribution >= 0.6 is 11.6 Å². The highest BCUT2D eigenvalue weighted by molar-refractivity contribution is 6.17. The molecule has 0 amide bonds. The number of hydrogen-bond acceptors (Lipinski definition) is 1. The van der Waals surface area contributed by atoms with Crippen LogP contribution in [0.1, 0.15) is 0 Å². The van der Waals surface area contributed by atoms with Gasteiger partial charge >= 0.3 is 29.9 Å². The van der Waals surface area contributed by atoms with Gasteiger partial charge in [-0.2, -0.15) is 48.3 Å². The van der Waals surface area contributed by atoms with Crippen LogP contribution in [0, 0.1) is 0 Å². The second-order valence-corrected chi connectivity index (χ2v) is 4.04. The van der Waals surface area contributed by atoms with E-state index in [-0.39, 0.29) is 0 Å². The molecule has 128 valence electrons. The standard InChI is InChI=1S/C8H6ClF11O/c9-1-2-21-3-4(10,11)5(12,13)6(14,15)7(16,17)8(18,19)20/h1-3H2. The molecule has 13 heteroatoms. The van der Waals surface area contributed by atoms with E-state index in [4.69, 9.17) is 11.6 Å². The van der Waals surface area contributed by atoms with Crippen LogP contribution in [0.4, 0.5) is 48.3 Å². The lowest BCUT2D eigenvalue weighted by molar-refractivity contribution is -0.424. The summed E-state index contributed by atoms with van der Waals surface area (Å²) in [7, 11) is 0. The average Bonchev–Trinajstić information content (AvgIpc) is 2.26. The van der Waals surface area contributed by atoms with Crippen molar-refractivity contribution in [3.8, 4) is 0 Å². The predicted molar refractivity (Wildman–Crippen MR) is 47.4 cm³/mol. The Morgan fingerprint density at radius 3 is 1.43 bits per heavy atom. The van der Waals surface area contributed by atoms with E-state index < -0.39 is 49.0 Å². The zero-order chi connectivity index (χ0) is 17.3. The number of rotatable bonds is 7. The largest absolute Gasteiger partial charge is 0.460 e. The third-order valence-corrected chi connectivity index (χ3v) is 2.26. The van der Waals surface area contributed by atoms with Gasteiger partial charge in [0, 0.05) is 5.88 Å². The van der Waals surface area contributed by atoms with Crippen LogP contribution in [-0.2, 0) is 4.74 Å². The molecule has 0 unspecified atom stereocenters. The summed E-state index contributed by atoms with van der Waals surface area (Å²) in [4.78, 5) is 0.